The summed E-state index contributed by atoms with van der Waals surface area (Å²) in [5.41, 5.74) is 6.02. The number of aromatic nitrogens is 1. The number of ether oxygens (including phenoxy) is 2. The zero-order chi connectivity index (χ0) is 18.5. The van der Waals surface area contributed by atoms with Gasteiger partial charge in [0.15, 0.2) is 0 Å². The Morgan fingerprint density at radius 2 is 1.89 bits per heavy atom. The monoisotopic (exact) mass is 364 g/mol. The molecule has 1 aromatic heterocycles. The van der Waals surface area contributed by atoms with E-state index in [1.54, 1.807) is 7.11 Å². The molecule has 0 saturated heterocycles. The molecule has 1 aliphatic carbocycles. The summed E-state index contributed by atoms with van der Waals surface area (Å²) in [5, 5.41) is 5.02. The van der Waals surface area contributed by atoms with Gasteiger partial charge in [0.25, 0.3) is 0 Å². The predicted molar refractivity (Wildman–Crippen MR) is 111 cm³/mol. The van der Waals surface area contributed by atoms with Gasteiger partial charge in [0.2, 0.25) is 0 Å². The van der Waals surface area contributed by atoms with Crippen LogP contribution in [0.1, 0.15) is 31.2 Å². The molecule has 0 bridgehead atoms. The Bertz CT molecular complexity index is 867. The van der Waals surface area contributed by atoms with Crippen LogP contribution in [0, 0.1) is 0 Å². The fourth-order valence-electron chi connectivity index (χ4n) is 3.97. The van der Waals surface area contributed by atoms with Gasteiger partial charge >= 0.3 is 0 Å². The first-order valence-electron chi connectivity index (χ1n) is 9.88. The molecule has 2 N–H and O–H groups in total. The third-order valence-electron chi connectivity index (χ3n) is 5.35. The van der Waals surface area contributed by atoms with E-state index in [-0.39, 0.29) is 0 Å². The van der Waals surface area contributed by atoms with E-state index in [1.807, 2.05) is 0 Å². The largest absolute Gasteiger partial charge is 0.382 e. The molecular formula is C23H28N2O2. The van der Waals surface area contributed by atoms with Gasteiger partial charge in [0.1, 0.15) is 0 Å². The number of hydrogen-bond donors (Lipinski definition) is 2. The van der Waals surface area contributed by atoms with E-state index in [4.69, 9.17) is 9.47 Å². The van der Waals surface area contributed by atoms with E-state index < -0.39 is 0 Å². The van der Waals surface area contributed by atoms with Crippen molar-refractivity contribution in [3.8, 4) is 11.1 Å². The SMILES string of the molecule is COCCOCc1cc(NC2CCCC2)c2[nH]cc(-c3ccccc3)c2c1. The molecule has 0 aliphatic heterocycles. The molecule has 1 heterocycles. The van der Waals surface area contributed by atoms with Gasteiger partial charge in [-0.15, -0.1) is 0 Å². The number of anilines is 1. The second-order valence-electron chi connectivity index (χ2n) is 7.31. The van der Waals surface area contributed by atoms with Crippen molar-refractivity contribution >= 4 is 16.6 Å². The normalized spacial score (nSPS) is 14.9. The summed E-state index contributed by atoms with van der Waals surface area (Å²) in [6.07, 6.45) is 7.27. The second-order valence-corrected chi connectivity index (χ2v) is 7.31. The average Bonchev–Trinajstić information content (AvgIpc) is 3.36. The molecule has 0 amide bonds. The van der Waals surface area contributed by atoms with Crippen molar-refractivity contribution in [2.45, 2.75) is 38.3 Å². The lowest BCUT2D eigenvalue weighted by molar-refractivity contribution is 0.0617. The molecule has 0 atom stereocenters. The van der Waals surface area contributed by atoms with Gasteiger partial charge in [0, 0.05) is 30.3 Å². The van der Waals surface area contributed by atoms with Crippen LogP contribution in [0.3, 0.4) is 0 Å². The van der Waals surface area contributed by atoms with Crippen molar-refractivity contribution in [3.63, 3.8) is 0 Å². The highest BCUT2D eigenvalue weighted by atomic mass is 16.5. The summed E-state index contributed by atoms with van der Waals surface area (Å²) in [4.78, 5) is 3.51. The molecular weight excluding hydrogens is 336 g/mol. The molecule has 4 rings (SSSR count). The number of hydrogen-bond acceptors (Lipinski definition) is 3. The highest BCUT2D eigenvalue weighted by molar-refractivity contribution is 6.02. The average molecular weight is 364 g/mol. The summed E-state index contributed by atoms with van der Waals surface area (Å²) in [7, 11) is 1.70. The number of methoxy groups -OCH3 is 1. The third kappa shape index (κ3) is 4.18. The summed E-state index contributed by atoms with van der Waals surface area (Å²) >= 11 is 0. The second kappa shape index (κ2) is 8.59. The summed E-state index contributed by atoms with van der Waals surface area (Å²) in [6.45, 7) is 1.82. The number of H-pyrrole nitrogens is 1. The standard InChI is InChI=1S/C23H28N2O2/c1-26-11-12-27-16-17-13-20-21(18-7-3-2-4-8-18)15-24-23(20)22(14-17)25-19-9-5-6-10-19/h2-4,7-8,13-15,19,24-25H,5-6,9-12,16H2,1H3. The van der Waals surface area contributed by atoms with Gasteiger partial charge in [-0.25, -0.2) is 0 Å². The molecule has 0 spiro atoms. The molecule has 4 heteroatoms. The lowest BCUT2D eigenvalue weighted by Crippen LogP contribution is -2.15. The summed E-state index contributed by atoms with van der Waals surface area (Å²) in [6, 6.07) is 15.6. The molecule has 1 fully saturated rings. The van der Waals surface area contributed by atoms with E-state index in [0.717, 1.165) is 0 Å². The number of aromatic amines is 1. The smallest absolute Gasteiger partial charge is 0.0719 e. The quantitative estimate of drug-likeness (QED) is 0.530. The number of rotatable bonds is 8. The third-order valence-corrected chi connectivity index (χ3v) is 5.35. The van der Waals surface area contributed by atoms with E-state index >= 15 is 0 Å². The van der Waals surface area contributed by atoms with Crippen LogP contribution in [0.4, 0.5) is 5.69 Å². The summed E-state index contributed by atoms with van der Waals surface area (Å²) in [5.74, 6) is 0. The molecule has 0 radical (unpaired) electrons. The minimum atomic E-state index is 0.571. The van der Waals surface area contributed by atoms with E-state index in [2.05, 4.69) is 59.0 Å². The maximum atomic E-state index is 5.79. The maximum absolute atomic E-state index is 5.79. The molecule has 2 aromatic carbocycles. The van der Waals surface area contributed by atoms with Crippen LogP contribution in [0.15, 0.2) is 48.7 Å². The van der Waals surface area contributed by atoms with Gasteiger partial charge in [-0.05, 0) is 36.1 Å². The van der Waals surface area contributed by atoms with Crippen molar-refractivity contribution in [1.82, 2.24) is 4.98 Å². The lowest BCUT2D eigenvalue weighted by atomic mass is 10.0. The van der Waals surface area contributed by atoms with E-state index in [0.29, 0.717) is 25.9 Å². The Balaban J connectivity index is 1.69. The Kier molecular flexibility index (Phi) is 5.75. The van der Waals surface area contributed by atoms with E-state index in [1.165, 1.54) is 59.0 Å². The maximum Gasteiger partial charge on any atom is 0.0719 e. The van der Waals surface area contributed by atoms with Crippen LogP contribution in [0.25, 0.3) is 22.0 Å². The van der Waals surface area contributed by atoms with Gasteiger partial charge < -0.3 is 19.8 Å². The first kappa shape index (κ1) is 18.1. The predicted octanol–water partition coefficient (Wildman–Crippen LogP) is 5.35. The Hall–Kier alpha value is -2.30. The summed E-state index contributed by atoms with van der Waals surface area (Å²) < 4.78 is 10.9. The van der Waals surface area contributed by atoms with Crippen LogP contribution in [-0.2, 0) is 16.1 Å². The van der Waals surface area contributed by atoms with Crippen LogP contribution in [-0.4, -0.2) is 31.3 Å². The Morgan fingerprint density at radius 3 is 2.67 bits per heavy atom. The van der Waals surface area contributed by atoms with Gasteiger partial charge in [0.05, 0.1) is 31.0 Å². The minimum absolute atomic E-state index is 0.571. The zero-order valence-electron chi connectivity index (χ0n) is 16.0. The fourth-order valence-corrected chi connectivity index (χ4v) is 3.97. The number of fused-ring (bicyclic) bond motifs is 1. The minimum Gasteiger partial charge on any atom is -0.382 e. The first-order chi connectivity index (χ1) is 13.3. The van der Waals surface area contributed by atoms with Crippen molar-refractivity contribution in [2.75, 3.05) is 25.6 Å². The van der Waals surface area contributed by atoms with Gasteiger partial charge in [-0.2, -0.15) is 0 Å². The molecule has 3 aromatic rings. The molecule has 4 nitrogen and oxygen atoms in total. The van der Waals surface area contributed by atoms with Crippen LogP contribution in [0.2, 0.25) is 0 Å². The highest BCUT2D eigenvalue weighted by Gasteiger charge is 2.18. The molecule has 0 unspecified atom stereocenters. The Labute approximate surface area is 160 Å². The lowest BCUT2D eigenvalue weighted by Gasteiger charge is -2.16. The molecule has 27 heavy (non-hydrogen) atoms. The topological polar surface area (TPSA) is 46.3 Å². The molecule has 1 saturated carbocycles. The van der Waals surface area contributed by atoms with Gasteiger partial charge in [-0.1, -0.05) is 43.2 Å². The van der Waals surface area contributed by atoms with Gasteiger partial charge in [-0.3, -0.25) is 0 Å². The van der Waals surface area contributed by atoms with Crippen LogP contribution < -0.4 is 5.32 Å². The first-order valence-corrected chi connectivity index (χ1v) is 9.88. The fraction of sp³-hybridized carbons (Fsp3) is 0.391. The molecule has 142 valence electrons. The number of nitrogens with one attached hydrogen (secondary N) is 2. The van der Waals surface area contributed by atoms with Crippen molar-refractivity contribution in [3.05, 3.63) is 54.2 Å². The zero-order valence-corrected chi connectivity index (χ0v) is 16.0. The number of benzene rings is 2. The molecule has 1 aliphatic rings. The van der Waals surface area contributed by atoms with Crippen molar-refractivity contribution < 1.29 is 9.47 Å². The van der Waals surface area contributed by atoms with E-state index in [9.17, 15) is 0 Å². The Morgan fingerprint density at radius 1 is 1.07 bits per heavy atom. The van der Waals surface area contributed by atoms with Crippen molar-refractivity contribution in [2.24, 2.45) is 0 Å². The van der Waals surface area contributed by atoms with Crippen LogP contribution in [0.5, 0.6) is 0 Å². The highest BCUT2D eigenvalue weighted by Crippen LogP contribution is 2.35. The van der Waals surface area contributed by atoms with Crippen LogP contribution >= 0.6 is 0 Å². The van der Waals surface area contributed by atoms with Crippen molar-refractivity contribution in [1.29, 1.82) is 0 Å².